The predicted octanol–water partition coefficient (Wildman–Crippen LogP) is 4.28. The molecule has 0 bridgehead atoms. The molecule has 5 rings (SSSR count). The molecule has 1 saturated heterocycles. The molecule has 1 aromatic heterocycles. The van der Waals surface area contributed by atoms with Gasteiger partial charge in [0.05, 0.1) is 10.9 Å². The molecule has 7 heteroatoms. The van der Waals surface area contributed by atoms with Crippen LogP contribution in [0, 0.1) is 0 Å². The van der Waals surface area contributed by atoms with Crippen molar-refractivity contribution in [2.45, 2.75) is 35.8 Å². The van der Waals surface area contributed by atoms with E-state index in [9.17, 15) is 9.59 Å². The summed E-state index contributed by atoms with van der Waals surface area (Å²) in [7, 11) is 0. The molecule has 0 spiro atoms. The van der Waals surface area contributed by atoms with Crippen LogP contribution in [-0.2, 0) is 4.79 Å². The van der Waals surface area contributed by atoms with E-state index in [2.05, 4.69) is 10.3 Å². The van der Waals surface area contributed by atoms with Crippen LogP contribution < -0.4 is 5.32 Å². The summed E-state index contributed by atoms with van der Waals surface area (Å²) < 4.78 is 5.91. The second-order valence-corrected chi connectivity index (χ2v) is 8.93. The third kappa shape index (κ3) is 3.40. The summed E-state index contributed by atoms with van der Waals surface area (Å²) in [5.41, 5.74) is 3.03. The van der Waals surface area contributed by atoms with Gasteiger partial charge in [-0.05, 0) is 50.1 Å². The number of fused-ring (bicyclic) bond motifs is 2. The Kier molecular flexibility index (Phi) is 4.54. The van der Waals surface area contributed by atoms with Crippen LogP contribution >= 0.6 is 11.8 Å². The fourth-order valence-electron chi connectivity index (χ4n) is 3.92. The fourth-order valence-corrected chi connectivity index (χ4v) is 4.85. The minimum Gasteiger partial charge on any atom is -0.440 e. The van der Waals surface area contributed by atoms with E-state index >= 15 is 0 Å². The van der Waals surface area contributed by atoms with Gasteiger partial charge in [0.25, 0.3) is 5.91 Å². The normalized spacial score (nSPS) is 19.8. The number of hydrogen-bond donors (Lipinski definition) is 1. The number of carbonyl (C=O) groups is 2. The maximum absolute atomic E-state index is 13.0. The summed E-state index contributed by atoms with van der Waals surface area (Å²) >= 11 is 1.52. The van der Waals surface area contributed by atoms with Gasteiger partial charge in [-0.3, -0.25) is 9.59 Å². The molecule has 0 radical (unpaired) electrons. The number of nitrogens with zero attached hydrogens (tertiary/aromatic N) is 2. The molecule has 29 heavy (non-hydrogen) atoms. The number of para-hydroxylation sites is 2. The van der Waals surface area contributed by atoms with Gasteiger partial charge in [0, 0.05) is 29.5 Å². The number of piperidine rings is 1. The van der Waals surface area contributed by atoms with E-state index in [-0.39, 0.29) is 23.0 Å². The highest BCUT2D eigenvalue weighted by atomic mass is 32.2. The number of aromatic nitrogens is 1. The zero-order valence-corrected chi connectivity index (χ0v) is 16.9. The van der Waals surface area contributed by atoms with Gasteiger partial charge in [-0.1, -0.05) is 12.1 Å². The van der Waals surface area contributed by atoms with Crippen LogP contribution in [0.4, 0.5) is 5.69 Å². The van der Waals surface area contributed by atoms with E-state index in [1.54, 1.807) is 6.07 Å². The number of carbonyl (C=O) groups excluding carboxylic acids is 2. The molecule has 3 aromatic rings. The molecular formula is C22H21N3O3S. The average Bonchev–Trinajstić information content (AvgIpc) is 3.18. The lowest BCUT2D eigenvalue weighted by Gasteiger charge is -2.31. The SMILES string of the molecule is C[C@@H]1Sc2ccc(C(=O)N3CCC(c4nc5ccccc5o4)CC3)cc2NC1=O. The number of hydrogen-bond acceptors (Lipinski definition) is 5. The topological polar surface area (TPSA) is 75.4 Å². The molecule has 2 aliphatic heterocycles. The number of rotatable bonds is 2. The lowest BCUT2D eigenvalue weighted by Crippen LogP contribution is -2.38. The molecule has 0 saturated carbocycles. The lowest BCUT2D eigenvalue weighted by molar-refractivity contribution is -0.115. The van der Waals surface area contributed by atoms with E-state index in [0.29, 0.717) is 18.7 Å². The van der Waals surface area contributed by atoms with Crippen LogP contribution in [0.2, 0.25) is 0 Å². The molecule has 3 heterocycles. The van der Waals surface area contributed by atoms with Crippen LogP contribution in [0.1, 0.15) is 41.9 Å². The van der Waals surface area contributed by atoms with E-state index < -0.39 is 0 Å². The second-order valence-electron chi connectivity index (χ2n) is 7.55. The Balaban J connectivity index is 1.28. The second kappa shape index (κ2) is 7.22. The summed E-state index contributed by atoms with van der Waals surface area (Å²) in [6, 6.07) is 13.4. The zero-order chi connectivity index (χ0) is 20.0. The van der Waals surface area contributed by atoms with Gasteiger partial charge in [0.2, 0.25) is 5.91 Å². The molecule has 1 atom stereocenters. The minimum atomic E-state index is -0.116. The number of anilines is 1. The third-order valence-corrected chi connectivity index (χ3v) is 6.78. The predicted molar refractivity (Wildman–Crippen MR) is 112 cm³/mol. The molecule has 2 aromatic carbocycles. The Labute approximate surface area is 172 Å². The van der Waals surface area contributed by atoms with Crippen LogP contribution in [0.25, 0.3) is 11.1 Å². The first kappa shape index (κ1) is 18.2. The quantitative estimate of drug-likeness (QED) is 0.686. The molecule has 1 N–H and O–H groups in total. The van der Waals surface area contributed by atoms with Crippen molar-refractivity contribution in [1.82, 2.24) is 9.88 Å². The Hall–Kier alpha value is -2.80. The van der Waals surface area contributed by atoms with Crippen molar-refractivity contribution in [2.75, 3.05) is 18.4 Å². The van der Waals surface area contributed by atoms with Crippen molar-refractivity contribution in [1.29, 1.82) is 0 Å². The van der Waals surface area contributed by atoms with E-state index in [0.717, 1.165) is 40.4 Å². The number of likely N-dealkylation sites (tertiary alicyclic amines) is 1. The number of oxazole rings is 1. The van der Waals surface area contributed by atoms with E-state index in [1.165, 1.54) is 11.8 Å². The molecular weight excluding hydrogens is 386 g/mol. The number of nitrogens with one attached hydrogen (secondary N) is 1. The van der Waals surface area contributed by atoms with Crippen molar-refractivity contribution >= 4 is 40.4 Å². The smallest absolute Gasteiger partial charge is 0.253 e. The van der Waals surface area contributed by atoms with Crippen molar-refractivity contribution in [3.8, 4) is 0 Å². The molecule has 2 aliphatic rings. The molecule has 1 fully saturated rings. The van der Waals surface area contributed by atoms with Crippen LogP contribution in [0.5, 0.6) is 0 Å². The fraction of sp³-hybridized carbons (Fsp3) is 0.318. The third-order valence-electron chi connectivity index (χ3n) is 5.60. The highest BCUT2D eigenvalue weighted by Crippen LogP contribution is 2.36. The monoisotopic (exact) mass is 407 g/mol. The van der Waals surface area contributed by atoms with Gasteiger partial charge in [0.15, 0.2) is 11.5 Å². The highest BCUT2D eigenvalue weighted by molar-refractivity contribution is 8.00. The maximum atomic E-state index is 13.0. The van der Waals surface area contributed by atoms with Gasteiger partial charge < -0.3 is 14.6 Å². The molecule has 6 nitrogen and oxygen atoms in total. The summed E-state index contributed by atoms with van der Waals surface area (Å²) in [4.78, 5) is 32.4. The van der Waals surface area contributed by atoms with E-state index in [4.69, 9.17) is 4.42 Å². The van der Waals surface area contributed by atoms with Gasteiger partial charge >= 0.3 is 0 Å². The standard InChI is InChI=1S/C22H21N3O3S/c1-13-20(26)23-17-12-15(6-7-19(17)29-13)22(27)25-10-8-14(9-11-25)21-24-16-4-2-3-5-18(16)28-21/h2-7,12-14H,8-11H2,1H3,(H,23,26)/t13-/m0/s1. The largest absolute Gasteiger partial charge is 0.440 e. The Bertz CT molecular complexity index is 1070. The van der Waals surface area contributed by atoms with Crippen LogP contribution in [-0.4, -0.2) is 40.0 Å². The van der Waals surface area contributed by atoms with Crippen molar-refractivity contribution in [3.05, 3.63) is 53.9 Å². The van der Waals surface area contributed by atoms with Crippen LogP contribution in [0.15, 0.2) is 51.8 Å². The number of benzene rings is 2. The molecule has 2 amide bonds. The van der Waals surface area contributed by atoms with Gasteiger partial charge in [0.1, 0.15) is 5.52 Å². The van der Waals surface area contributed by atoms with Gasteiger partial charge in [-0.2, -0.15) is 0 Å². The van der Waals surface area contributed by atoms with E-state index in [1.807, 2.05) is 48.2 Å². The Morgan fingerprint density at radius 2 is 2.00 bits per heavy atom. The lowest BCUT2D eigenvalue weighted by atomic mass is 9.96. The average molecular weight is 407 g/mol. The Morgan fingerprint density at radius 3 is 2.79 bits per heavy atom. The molecule has 0 aliphatic carbocycles. The van der Waals surface area contributed by atoms with Crippen molar-refractivity contribution in [2.24, 2.45) is 0 Å². The molecule has 0 unspecified atom stereocenters. The highest BCUT2D eigenvalue weighted by Gasteiger charge is 2.29. The molecule has 148 valence electrons. The van der Waals surface area contributed by atoms with Crippen molar-refractivity contribution < 1.29 is 14.0 Å². The first-order valence-electron chi connectivity index (χ1n) is 9.85. The first-order chi connectivity index (χ1) is 14.1. The minimum absolute atomic E-state index is 0.00156. The first-order valence-corrected chi connectivity index (χ1v) is 10.7. The van der Waals surface area contributed by atoms with Gasteiger partial charge in [-0.15, -0.1) is 11.8 Å². The number of amides is 2. The van der Waals surface area contributed by atoms with Crippen LogP contribution in [0.3, 0.4) is 0 Å². The summed E-state index contributed by atoms with van der Waals surface area (Å²) in [5, 5.41) is 2.78. The Morgan fingerprint density at radius 1 is 1.21 bits per heavy atom. The summed E-state index contributed by atoms with van der Waals surface area (Å²) in [6.07, 6.45) is 1.65. The maximum Gasteiger partial charge on any atom is 0.253 e. The van der Waals surface area contributed by atoms with Crippen molar-refractivity contribution in [3.63, 3.8) is 0 Å². The number of thioether (sulfide) groups is 1. The summed E-state index contributed by atoms with van der Waals surface area (Å²) in [6.45, 7) is 3.21. The zero-order valence-electron chi connectivity index (χ0n) is 16.1. The summed E-state index contributed by atoms with van der Waals surface area (Å²) in [5.74, 6) is 0.973. The van der Waals surface area contributed by atoms with Gasteiger partial charge in [-0.25, -0.2) is 4.98 Å².